The molecule has 2 aromatic carbocycles. The normalized spacial score (nSPS) is 11.8. The number of nitrogens with zero attached hydrogens (tertiary/aromatic N) is 3. The minimum atomic E-state index is -4.70. The van der Waals surface area contributed by atoms with Crippen LogP contribution in [0.4, 0.5) is 18.9 Å². The zero-order valence-electron chi connectivity index (χ0n) is 13.8. The second-order valence-corrected chi connectivity index (χ2v) is 5.95. The van der Waals surface area contributed by atoms with E-state index in [1.165, 1.54) is 10.7 Å². The van der Waals surface area contributed by atoms with Crippen LogP contribution in [0.2, 0.25) is 0 Å². The van der Waals surface area contributed by atoms with E-state index in [1.54, 1.807) is 48.5 Å². The van der Waals surface area contributed by atoms with E-state index >= 15 is 0 Å². The van der Waals surface area contributed by atoms with Crippen molar-refractivity contribution >= 4 is 11.3 Å². The molecule has 0 spiro atoms. The number of nitrogen functional groups attached to an aromatic ring is 1. The molecule has 0 radical (unpaired) electrons. The van der Waals surface area contributed by atoms with Crippen molar-refractivity contribution < 1.29 is 13.2 Å². The lowest BCUT2D eigenvalue weighted by Gasteiger charge is -2.12. The van der Waals surface area contributed by atoms with Crippen molar-refractivity contribution in [2.75, 3.05) is 5.73 Å². The van der Waals surface area contributed by atoms with Crippen LogP contribution >= 0.6 is 0 Å². The summed E-state index contributed by atoms with van der Waals surface area (Å²) in [7, 11) is 0. The fraction of sp³-hybridized carbons (Fsp3) is 0.0526. The molecule has 0 bridgehead atoms. The molecule has 8 heteroatoms. The largest absolute Gasteiger partial charge is 0.433 e. The van der Waals surface area contributed by atoms with Crippen LogP contribution in [-0.4, -0.2) is 14.2 Å². The van der Waals surface area contributed by atoms with Gasteiger partial charge in [0.15, 0.2) is 11.3 Å². The van der Waals surface area contributed by atoms with Crippen LogP contribution in [0.15, 0.2) is 71.5 Å². The van der Waals surface area contributed by atoms with E-state index in [0.717, 1.165) is 10.1 Å². The van der Waals surface area contributed by atoms with Gasteiger partial charge in [-0.2, -0.15) is 17.7 Å². The molecule has 0 aliphatic heterocycles. The maximum Gasteiger partial charge on any atom is 0.433 e. The molecule has 0 saturated heterocycles. The summed E-state index contributed by atoms with van der Waals surface area (Å²) in [6.07, 6.45) is -4.70. The average molecular weight is 370 g/mol. The van der Waals surface area contributed by atoms with Gasteiger partial charge in [0.2, 0.25) is 0 Å². The van der Waals surface area contributed by atoms with Gasteiger partial charge in [0.05, 0.1) is 11.4 Å². The monoisotopic (exact) mass is 370 g/mol. The number of hydrogen-bond acceptors (Lipinski definition) is 3. The summed E-state index contributed by atoms with van der Waals surface area (Å²) >= 11 is 0. The van der Waals surface area contributed by atoms with Crippen LogP contribution in [0, 0.1) is 0 Å². The number of alkyl halides is 3. The van der Waals surface area contributed by atoms with Crippen molar-refractivity contribution in [2.45, 2.75) is 6.18 Å². The summed E-state index contributed by atoms with van der Waals surface area (Å²) in [6, 6.07) is 17.7. The third kappa shape index (κ3) is 2.95. The molecule has 136 valence electrons. The summed E-state index contributed by atoms with van der Waals surface area (Å²) in [6.45, 7) is 0. The first-order valence-electron chi connectivity index (χ1n) is 7.99. The fourth-order valence-corrected chi connectivity index (χ4v) is 2.91. The van der Waals surface area contributed by atoms with Crippen LogP contribution in [0.3, 0.4) is 0 Å². The summed E-state index contributed by atoms with van der Waals surface area (Å²) in [4.78, 5) is 16.2. The van der Waals surface area contributed by atoms with Gasteiger partial charge in [-0.3, -0.25) is 4.79 Å². The Balaban J connectivity index is 2.09. The van der Waals surface area contributed by atoms with E-state index in [-0.39, 0.29) is 5.65 Å². The van der Waals surface area contributed by atoms with Crippen molar-refractivity contribution in [1.82, 2.24) is 14.2 Å². The minimum Gasteiger partial charge on any atom is -0.399 e. The molecule has 2 heterocycles. The number of anilines is 1. The van der Waals surface area contributed by atoms with Crippen molar-refractivity contribution in [3.63, 3.8) is 0 Å². The Labute approximate surface area is 151 Å². The zero-order chi connectivity index (χ0) is 19.2. The number of fused-ring (bicyclic) bond motifs is 1. The molecule has 0 aliphatic rings. The van der Waals surface area contributed by atoms with Gasteiger partial charge in [-0.05, 0) is 24.3 Å². The van der Waals surface area contributed by atoms with E-state index in [9.17, 15) is 18.0 Å². The minimum absolute atomic E-state index is 0.0921. The highest BCUT2D eigenvalue weighted by Gasteiger charge is 2.34. The van der Waals surface area contributed by atoms with Crippen molar-refractivity contribution in [1.29, 1.82) is 0 Å². The van der Waals surface area contributed by atoms with Gasteiger partial charge in [-0.25, -0.2) is 9.67 Å². The molecule has 2 aromatic heterocycles. The molecule has 0 saturated carbocycles. The number of hydrogen-bond donors (Lipinski definition) is 1. The summed E-state index contributed by atoms with van der Waals surface area (Å²) < 4.78 is 41.8. The molecule has 4 aromatic rings. The third-order valence-electron chi connectivity index (χ3n) is 4.11. The van der Waals surface area contributed by atoms with Crippen LogP contribution in [0.5, 0.6) is 0 Å². The van der Waals surface area contributed by atoms with Gasteiger partial charge in [-0.1, -0.05) is 30.3 Å². The highest BCUT2D eigenvalue weighted by Crippen LogP contribution is 2.29. The van der Waals surface area contributed by atoms with Crippen LogP contribution in [0.25, 0.3) is 22.6 Å². The lowest BCUT2D eigenvalue weighted by atomic mass is 10.1. The molecule has 5 nitrogen and oxygen atoms in total. The Hall–Kier alpha value is -3.55. The summed E-state index contributed by atoms with van der Waals surface area (Å²) in [5.41, 5.74) is 5.95. The van der Waals surface area contributed by atoms with Crippen molar-refractivity contribution in [2.24, 2.45) is 0 Å². The van der Waals surface area contributed by atoms with Gasteiger partial charge in [0.1, 0.15) is 0 Å². The molecule has 0 aliphatic carbocycles. The smallest absolute Gasteiger partial charge is 0.399 e. The molecule has 27 heavy (non-hydrogen) atoms. The first-order chi connectivity index (χ1) is 12.8. The molecular weight excluding hydrogens is 357 g/mol. The highest BCUT2D eigenvalue weighted by molar-refractivity contribution is 5.67. The predicted octanol–water partition coefficient (Wildman–Crippen LogP) is 3.75. The van der Waals surface area contributed by atoms with E-state index in [1.807, 2.05) is 6.07 Å². The van der Waals surface area contributed by atoms with Gasteiger partial charge in [-0.15, -0.1) is 0 Å². The Morgan fingerprint density at radius 1 is 0.926 bits per heavy atom. The van der Waals surface area contributed by atoms with Gasteiger partial charge >= 0.3 is 6.18 Å². The molecule has 0 amide bonds. The van der Waals surface area contributed by atoms with Gasteiger partial charge in [0, 0.05) is 23.4 Å². The molecular formula is C19H13F3N4O. The quantitative estimate of drug-likeness (QED) is 0.547. The zero-order valence-corrected chi connectivity index (χ0v) is 13.8. The molecule has 0 fully saturated rings. The lowest BCUT2D eigenvalue weighted by Crippen LogP contribution is -2.23. The van der Waals surface area contributed by atoms with E-state index in [0.29, 0.717) is 23.1 Å². The highest BCUT2D eigenvalue weighted by atomic mass is 19.4. The third-order valence-corrected chi connectivity index (χ3v) is 4.11. The summed E-state index contributed by atoms with van der Waals surface area (Å²) in [5.74, 6) is 0. The maximum absolute atomic E-state index is 13.1. The average Bonchev–Trinajstić information content (AvgIpc) is 3.02. The van der Waals surface area contributed by atoms with E-state index in [2.05, 4.69) is 4.98 Å². The lowest BCUT2D eigenvalue weighted by molar-refractivity contribution is -0.141. The molecule has 0 atom stereocenters. The SMILES string of the molecule is Nc1ccc(-n2c(-c3ccccc3)cc3nc(C(F)(F)F)cc(=O)n32)cc1. The Kier molecular flexibility index (Phi) is 3.76. The van der Waals surface area contributed by atoms with Gasteiger partial charge < -0.3 is 5.73 Å². The Morgan fingerprint density at radius 2 is 1.59 bits per heavy atom. The fourth-order valence-electron chi connectivity index (χ4n) is 2.91. The predicted molar refractivity (Wildman–Crippen MR) is 95.6 cm³/mol. The Bertz CT molecular complexity index is 1180. The van der Waals surface area contributed by atoms with Crippen LogP contribution in [-0.2, 0) is 6.18 Å². The number of benzene rings is 2. The summed E-state index contributed by atoms with van der Waals surface area (Å²) in [5, 5.41) is 0. The van der Waals surface area contributed by atoms with Gasteiger partial charge in [0.25, 0.3) is 5.56 Å². The number of nitrogens with two attached hydrogens (primary N) is 1. The Morgan fingerprint density at radius 3 is 2.22 bits per heavy atom. The molecule has 4 rings (SSSR count). The van der Waals surface area contributed by atoms with E-state index < -0.39 is 17.4 Å². The van der Waals surface area contributed by atoms with Crippen molar-refractivity contribution in [3.05, 3.63) is 82.8 Å². The van der Waals surface area contributed by atoms with Crippen LogP contribution in [0.1, 0.15) is 5.69 Å². The molecule has 0 unspecified atom stereocenters. The topological polar surface area (TPSA) is 65.3 Å². The number of aromatic nitrogens is 3. The second kappa shape index (κ2) is 6.01. The standard InChI is InChI=1S/C19H13F3N4O/c20-19(21,22)16-11-18(27)26-17(24-16)10-15(12-4-2-1-3-5-12)25(26)14-8-6-13(23)7-9-14/h1-11H,23H2. The first-order valence-corrected chi connectivity index (χ1v) is 7.99. The number of rotatable bonds is 2. The second-order valence-electron chi connectivity index (χ2n) is 5.95. The number of halogens is 3. The molecule has 2 N–H and O–H groups in total. The van der Waals surface area contributed by atoms with Crippen molar-refractivity contribution in [3.8, 4) is 16.9 Å². The van der Waals surface area contributed by atoms with E-state index in [4.69, 9.17) is 5.73 Å². The maximum atomic E-state index is 13.1. The van der Waals surface area contributed by atoms with Crippen LogP contribution < -0.4 is 11.3 Å². The first kappa shape index (κ1) is 16.9.